The van der Waals surface area contributed by atoms with Crippen LogP contribution >= 0.6 is 11.6 Å². The number of nitrogens with one attached hydrogen (secondary N) is 4. The van der Waals surface area contributed by atoms with Crippen LogP contribution in [0.1, 0.15) is 33.5 Å². The summed E-state index contributed by atoms with van der Waals surface area (Å²) in [5.74, 6) is 1.18. The average Bonchev–Trinajstić information content (AvgIpc) is 3.85. The third-order valence-corrected chi connectivity index (χ3v) is 9.65. The summed E-state index contributed by atoms with van der Waals surface area (Å²) in [6.07, 6.45) is 1.60. The van der Waals surface area contributed by atoms with Gasteiger partial charge >= 0.3 is 29.6 Å². The van der Waals surface area contributed by atoms with Gasteiger partial charge in [0.25, 0.3) is 11.8 Å². The number of fused-ring (bicyclic) bond motifs is 4. The number of pyridine rings is 2. The van der Waals surface area contributed by atoms with Crippen LogP contribution in [0.3, 0.4) is 0 Å². The van der Waals surface area contributed by atoms with Gasteiger partial charge in [0.2, 0.25) is 5.88 Å². The number of rotatable bonds is 4. The molecule has 14 heteroatoms. The summed E-state index contributed by atoms with van der Waals surface area (Å²) in [7, 11) is 0. The van der Waals surface area contributed by atoms with E-state index < -0.39 is 0 Å². The molecule has 286 valence electrons. The largest absolute Gasteiger partial charge is 1.00 e. The molecule has 0 bridgehead atoms. The summed E-state index contributed by atoms with van der Waals surface area (Å²) >= 11 is 6.02. The maximum absolute atomic E-state index is 12.1. The van der Waals surface area contributed by atoms with Gasteiger partial charge in [0.15, 0.2) is 0 Å². The molecule has 2 aliphatic heterocycles. The molecule has 4 aromatic carbocycles. The van der Waals surface area contributed by atoms with Gasteiger partial charge < -0.3 is 42.1 Å². The quantitative estimate of drug-likeness (QED) is 0.0912. The number of halogens is 1. The first kappa shape index (κ1) is 39.9. The van der Waals surface area contributed by atoms with Gasteiger partial charge in [0.1, 0.15) is 28.2 Å². The molecular formula is C44H36ClN6NaO6. The first-order chi connectivity index (χ1) is 27.7. The molecule has 0 unspecified atom stereocenters. The third kappa shape index (κ3) is 8.80. The van der Waals surface area contributed by atoms with Crippen molar-refractivity contribution < 1.29 is 60.6 Å². The van der Waals surface area contributed by atoms with Crippen molar-refractivity contribution >= 4 is 45.2 Å². The molecule has 0 fully saturated rings. The number of amides is 2. The molecule has 2 amide bonds. The zero-order valence-electron chi connectivity index (χ0n) is 32.2. The number of benzene rings is 4. The number of ether oxygens (including phenoxy) is 1. The summed E-state index contributed by atoms with van der Waals surface area (Å²) in [6, 6.07) is 35.6. The Labute approximate surface area is 360 Å². The Balaban J connectivity index is 0.000000166. The van der Waals surface area contributed by atoms with Crippen molar-refractivity contribution in [2.75, 3.05) is 13.1 Å². The van der Waals surface area contributed by atoms with Crippen LogP contribution in [0, 0.1) is 0 Å². The Morgan fingerprint density at radius 2 is 1.07 bits per heavy atom. The molecular weight excluding hydrogens is 767 g/mol. The molecule has 0 saturated carbocycles. The molecule has 0 radical (unpaired) electrons. The van der Waals surface area contributed by atoms with Gasteiger partial charge in [-0.15, -0.1) is 0 Å². The van der Waals surface area contributed by atoms with Crippen molar-refractivity contribution in [3.63, 3.8) is 0 Å². The van der Waals surface area contributed by atoms with Crippen LogP contribution in [0.4, 0.5) is 0 Å². The van der Waals surface area contributed by atoms with Gasteiger partial charge in [-0.1, -0.05) is 60.1 Å². The van der Waals surface area contributed by atoms with E-state index in [1.165, 1.54) is 24.3 Å². The molecule has 7 N–H and O–H groups in total. The standard InChI is InChI=1S/C22H17N3O3.C16H12ClN3O.C6H6O2.Na.H/c26-14-4-2-5-15(11-14)28-20-8-7-13-3-1-6-16(21(13)25-20)19-12-17-18(24-19)9-10-23-22(17)27;17-14-5-4-9-2-1-3-10(15(9)20-14)13-8-11-12(19-13)6-7-18-16(11)21;7-5-2-1-3-6(8)4-5;;/h1-8,11-12,24,26H,9-10H2,(H,23,27);1-5,8,19H,6-7H2,(H,18,21);1-4,7-8H;;/q;;;+1;-1. The maximum atomic E-state index is 12.1. The minimum absolute atomic E-state index is 0. The van der Waals surface area contributed by atoms with Crippen molar-refractivity contribution in [3.8, 4) is 51.4 Å². The smallest absolute Gasteiger partial charge is 1.00 e. The Morgan fingerprint density at radius 1 is 0.569 bits per heavy atom. The zero-order valence-corrected chi connectivity index (χ0v) is 34.0. The van der Waals surface area contributed by atoms with E-state index in [1.807, 2.05) is 60.7 Å². The van der Waals surface area contributed by atoms with Crippen LogP contribution in [-0.4, -0.2) is 60.2 Å². The van der Waals surface area contributed by atoms with Gasteiger partial charge in [-0.2, -0.15) is 0 Å². The number of hydrogen-bond donors (Lipinski definition) is 7. The molecule has 6 heterocycles. The van der Waals surface area contributed by atoms with E-state index in [-0.39, 0.29) is 60.0 Å². The van der Waals surface area contributed by atoms with Gasteiger partial charge in [-0.25, -0.2) is 9.97 Å². The number of carbonyl (C=O) groups excluding carboxylic acids is 2. The molecule has 8 aromatic rings. The van der Waals surface area contributed by atoms with E-state index in [0.717, 1.165) is 74.1 Å². The number of carbonyl (C=O) groups is 2. The molecule has 2 aliphatic rings. The number of aromatic hydroxyl groups is 3. The van der Waals surface area contributed by atoms with E-state index in [1.54, 1.807) is 36.4 Å². The molecule has 0 aliphatic carbocycles. The fourth-order valence-electron chi connectivity index (χ4n) is 6.78. The molecule has 0 atom stereocenters. The summed E-state index contributed by atoms with van der Waals surface area (Å²) in [5, 5.41) is 35.1. The number of phenols is 3. The molecule has 10 rings (SSSR count). The van der Waals surface area contributed by atoms with Crippen molar-refractivity contribution in [2.24, 2.45) is 0 Å². The second-order valence-corrected chi connectivity index (χ2v) is 13.7. The monoisotopic (exact) mass is 802 g/mol. The van der Waals surface area contributed by atoms with Crippen LogP contribution in [-0.2, 0) is 12.8 Å². The van der Waals surface area contributed by atoms with Crippen LogP contribution in [0.5, 0.6) is 28.9 Å². The van der Waals surface area contributed by atoms with Crippen molar-refractivity contribution in [1.82, 2.24) is 30.6 Å². The third-order valence-electron chi connectivity index (χ3n) is 9.44. The second-order valence-electron chi connectivity index (χ2n) is 13.3. The van der Waals surface area contributed by atoms with E-state index >= 15 is 0 Å². The number of aromatic nitrogens is 4. The number of hydrogen-bond acceptors (Lipinski definition) is 8. The van der Waals surface area contributed by atoms with Gasteiger partial charge in [-0.05, 0) is 54.6 Å². The normalized spacial score (nSPS) is 12.7. The van der Waals surface area contributed by atoms with Crippen LogP contribution < -0.4 is 44.9 Å². The van der Waals surface area contributed by atoms with E-state index in [0.29, 0.717) is 35.4 Å². The van der Waals surface area contributed by atoms with E-state index in [4.69, 9.17) is 26.6 Å². The number of nitrogens with zero attached hydrogens (tertiary/aromatic N) is 2. The zero-order chi connectivity index (χ0) is 39.5. The van der Waals surface area contributed by atoms with Gasteiger partial charge in [0.05, 0.1) is 22.2 Å². The fraction of sp³-hybridized carbons (Fsp3) is 0.0909. The molecule has 58 heavy (non-hydrogen) atoms. The second kappa shape index (κ2) is 17.5. The van der Waals surface area contributed by atoms with Crippen molar-refractivity contribution in [3.05, 3.63) is 149 Å². The van der Waals surface area contributed by atoms with Gasteiger partial charge in [0, 0.05) is 88.8 Å². The van der Waals surface area contributed by atoms with Crippen molar-refractivity contribution in [2.45, 2.75) is 12.8 Å². The predicted molar refractivity (Wildman–Crippen MR) is 219 cm³/mol. The topological polar surface area (TPSA) is 185 Å². The van der Waals surface area contributed by atoms with E-state index in [9.17, 15) is 14.7 Å². The van der Waals surface area contributed by atoms with Crippen LogP contribution in [0.15, 0.2) is 121 Å². The average molecular weight is 803 g/mol. The van der Waals surface area contributed by atoms with E-state index in [2.05, 4.69) is 30.6 Å². The number of phenolic OH excluding ortho intramolecular Hbond substituents is 3. The summed E-state index contributed by atoms with van der Waals surface area (Å²) < 4.78 is 5.81. The summed E-state index contributed by atoms with van der Waals surface area (Å²) in [6.45, 7) is 1.31. The molecule has 12 nitrogen and oxygen atoms in total. The Kier molecular flexibility index (Phi) is 12.0. The molecule has 4 aromatic heterocycles. The number of aromatic amines is 2. The van der Waals surface area contributed by atoms with Crippen LogP contribution in [0.25, 0.3) is 44.3 Å². The first-order valence-electron chi connectivity index (χ1n) is 18.1. The molecule has 0 spiro atoms. The Morgan fingerprint density at radius 3 is 1.59 bits per heavy atom. The van der Waals surface area contributed by atoms with Gasteiger partial charge in [-0.3, -0.25) is 9.59 Å². The fourth-order valence-corrected chi connectivity index (χ4v) is 6.93. The minimum Gasteiger partial charge on any atom is -1.00 e. The van der Waals surface area contributed by atoms with Crippen molar-refractivity contribution in [1.29, 1.82) is 0 Å². The molecule has 0 saturated heterocycles. The Bertz CT molecular complexity index is 2790. The van der Waals surface area contributed by atoms with Crippen LogP contribution in [0.2, 0.25) is 5.15 Å². The Hall–Kier alpha value is -6.31. The summed E-state index contributed by atoms with van der Waals surface area (Å²) in [4.78, 5) is 39.8. The number of para-hydroxylation sites is 2. The number of H-pyrrole nitrogens is 2. The maximum Gasteiger partial charge on any atom is 1.00 e. The summed E-state index contributed by atoms with van der Waals surface area (Å²) in [5.41, 5.74) is 8.56. The predicted octanol–water partition coefficient (Wildman–Crippen LogP) is 5.40. The first-order valence-corrected chi connectivity index (χ1v) is 18.5. The SMILES string of the molecule is O=C1NCCc2[nH]c(-c3cccc4ccc(Cl)nc34)cc21.O=C1NCCc2[nH]c(-c3cccc4ccc(Oc5cccc(O)c5)nc34)cc21.Oc1cccc(O)c1.[H-].[Na+]. The minimum atomic E-state index is -0.0511.